The van der Waals surface area contributed by atoms with Crippen molar-refractivity contribution in [3.63, 3.8) is 0 Å². The lowest BCUT2D eigenvalue weighted by atomic mass is 10.3. The molecule has 0 saturated heterocycles. The highest BCUT2D eigenvalue weighted by molar-refractivity contribution is 5.89. The molecule has 2 aromatic heterocycles. The predicted octanol–water partition coefficient (Wildman–Crippen LogP) is 2.63. The number of aryl methyl sites for hydroxylation is 3. The average molecular weight is 299 g/mol. The lowest BCUT2D eigenvalue weighted by molar-refractivity contribution is -0.116. The Morgan fingerprint density at radius 3 is 2.50 bits per heavy atom. The van der Waals surface area contributed by atoms with Crippen molar-refractivity contribution in [2.24, 2.45) is 0 Å². The number of nitrogens with one attached hydrogen (secondary N) is 2. The number of hydrogen-bond donors (Lipinski definition) is 2. The zero-order valence-corrected chi connectivity index (χ0v) is 13.2. The first-order valence-electron chi connectivity index (χ1n) is 7.31. The van der Waals surface area contributed by atoms with Crippen LogP contribution in [0.5, 0.6) is 0 Å². The maximum Gasteiger partial charge on any atom is 0.225 e. The molecular formula is C16H21N5O. The van der Waals surface area contributed by atoms with E-state index in [1.165, 1.54) is 0 Å². The van der Waals surface area contributed by atoms with Crippen LogP contribution in [0.15, 0.2) is 24.4 Å². The van der Waals surface area contributed by atoms with E-state index >= 15 is 0 Å². The van der Waals surface area contributed by atoms with E-state index in [0.717, 1.165) is 17.0 Å². The van der Waals surface area contributed by atoms with Crippen LogP contribution in [0.2, 0.25) is 0 Å². The summed E-state index contributed by atoms with van der Waals surface area (Å²) in [4.78, 5) is 24.5. The standard InChI is InChI=1S/C16H21N5O/c1-11-6-7-14(18-10-11)21-15(22)5-4-8-17-16-19-12(2)9-13(3)20-16/h6-7,9-10H,4-5,8H2,1-3H3,(H,17,19,20)(H,18,21,22). The number of carbonyl (C=O) groups is 1. The molecule has 0 unspecified atom stereocenters. The van der Waals surface area contributed by atoms with Crippen molar-refractivity contribution >= 4 is 17.7 Å². The van der Waals surface area contributed by atoms with Crippen LogP contribution in [0.3, 0.4) is 0 Å². The molecule has 6 nitrogen and oxygen atoms in total. The average Bonchev–Trinajstić information content (AvgIpc) is 2.45. The van der Waals surface area contributed by atoms with Crippen LogP contribution in [-0.4, -0.2) is 27.4 Å². The SMILES string of the molecule is Cc1ccc(NC(=O)CCCNc2nc(C)cc(C)n2)nc1. The maximum absolute atomic E-state index is 11.8. The van der Waals surface area contributed by atoms with Crippen LogP contribution < -0.4 is 10.6 Å². The van der Waals surface area contributed by atoms with Crippen molar-refractivity contribution in [1.29, 1.82) is 0 Å². The van der Waals surface area contributed by atoms with Gasteiger partial charge in [0, 0.05) is 30.6 Å². The molecule has 0 aliphatic carbocycles. The van der Waals surface area contributed by atoms with E-state index in [2.05, 4.69) is 25.6 Å². The van der Waals surface area contributed by atoms with Crippen molar-refractivity contribution in [2.45, 2.75) is 33.6 Å². The Bertz CT molecular complexity index is 619. The summed E-state index contributed by atoms with van der Waals surface area (Å²) in [7, 11) is 0. The molecule has 0 aromatic carbocycles. The van der Waals surface area contributed by atoms with Crippen molar-refractivity contribution < 1.29 is 4.79 Å². The van der Waals surface area contributed by atoms with E-state index in [9.17, 15) is 4.79 Å². The summed E-state index contributed by atoms with van der Waals surface area (Å²) in [5, 5.41) is 5.91. The molecule has 1 amide bonds. The summed E-state index contributed by atoms with van der Waals surface area (Å²) in [6.07, 6.45) is 2.86. The van der Waals surface area contributed by atoms with Crippen molar-refractivity contribution in [3.05, 3.63) is 41.3 Å². The Balaban J connectivity index is 1.71. The minimum Gasteiger partial charge on any atom is -0.354 e. The second-order valence-corrected chi connectivity index (χ2v) is 5.27. The topological polar surface area (TPSA) is 79.8 Å². The zero-order chi connectivity index (χ0) is 15.9. The third-order valence-corrected chi connectivity index (χ3v) is 3.02. The molecule has 2 N–H and O–H groups in total. The highest BCUT2D eigenvalue weighted by atomic mass is 16.1. The molecule has 0 bridgehead atoms. The molecule has 116 valence electrons. The molecule has 2 heterocycles. The Morgan fingerprint density at radius 1 is 1.14 bits per heavy atom. The van der Waals surface area contributed by atoms with Crippen LogP contribution >= 0.6 is 0 Å². The fourth-order valence-electron chi connectivity index (χ4n) is 2.00. The summed E-state index contributed by atoms with van der Waals surface area (Å²) >= 11 is 0. The third-order valence-electron chi connectivity index (χ3n) is 3.02. The summed E-state index contributed by atoms with van der Waals surface area (Å²) in [6.45, 7) is 6.47. The van der Waals surface area contributed by atoms with Crippen LogP contribution in [0, 0.1) is 20.8 Å². The minimum absolute atomic E-state index is 0.0421. The van der Waals surface area contributed by atoms with Gasteiger partial charge in [-0.3, -0.25) is 4.79 Å². The monoisotopic (exact) mass is 299 g/mol. The van der Waals surface area contributed by atoms with Gasteiger partial charge >= 0.3 is 0 Å². The number of aromatic nitrogens is 3. The fourth-order valence-corrected chi connectivity index (χ4v) is 2.00. The summed E-state index contributed by atoms with van der Waals surface area (Å²) in [6, 6.07) is 5.64. The van der Waals surface area contributed by atoms with Gasteiger partial charge in [-0.05, 0) is 44.9 Å². The molecule has 0 fully saturated rings. The fraction of sp³-hybridized carbons (Fsp3) is 0.375. The molecule has 0 radical (unpaired) electrons. The quantitative estimate of drug-likeness (QED) is 0.802. The molecule has 2 rings (SSSR count). The number of carbonyl (C=O) groups excluding carboxylic acids is 1. The van der Waals surface area contributed by atoms with E-state index in [1.54, 1.807) is 12.3 Å². The molecule has 0 atom stereocenters. The molecule has 2 aromatic rings. The third kappa shape index (κ3) is 5.12. The van der Waals surface area contributed by atoms with Crippen LogP contribution in [0.4, 0.5) is 11.8 Å². The van der Waals surface area contributed by atoms with E-state index < -0.39 is 0 Å². The zero-order valence-electron chi connectivity index (χ0n) is 13.2. The molecule has 0 aliphatic rings. The van der Waals surface area contributed by atoms with Gasteiger partial charge in [-0.15, -0.1) is 0 Å². The predicted molar refractivity (Wildman–Crippen MR) is 86.8 cm³/mol. The molecule has 0 spiro atoms. The molecule has 6 heteroatoms. The van der Waals surface area contributed by atoms with Gasteiger partial charge < -0.3 is 10.6 Å². The first kappa shape index (κ1) is 15.9. The smallest absolute Gasteiger partial charge is 0.225 e. The first-order valence-corrected chi connectivity index (χ1v) is 7.31. The minimum atomic E-state index is -0.0421. The number of hydrogen-bond acceptors (Lipinski definition) is 5. The van der Waals surface area contributed by atoms with E-state index in [1.807, 2.05) is 32.9 Å². The lowest BCUT2D eigenvalue weighted by Crippen LogP contribution is -2.15. The van der Waals surface area contributed by atoms with Crippen LogP contribution in [0.25, 0.3) is 0 Å². The van der Waals surface area contributed by atoms with Gasteiger partial charge in [0.2, 0.25) is 11.9 Å². The molecule has 22 heavy (non-hydrogen) atoms. The number of pyridine rings is 1. The molecular weight excluding hydrogens is 278 g/mol. The number of nitrogens with zero attached hydrogens (tertiary/aromatic N) is 3. The molecule has 0 saturated carbocycles. The first-order chi connectivity index (χ1) is 10.5. The second kappa shape index (κ2) is 7.49. The Morgan fingerprint density at radius 2 is 1.86 bits per heavy atom. The van der Waals surface area contributed by atoms with Gasteiger partial charge in [-0.2, -0.15) is 0 Å². The van der Waals surface area contributed by atoms with E-state index in [0.29, 0.717) is 31.2 Å². The maximum atomic E-state index is 11.8. The number of amides is 1. The second-order valence-electron chi connectivity index (χ2n) is 5.27. The highest BCUT2D eigenvalue weighted by Crippen LogP contribution is 2.06. The normalized spacial score (nSPS) is 10.3. The van der Waals surface area contributed by atoms with Gasteiger partial charge in [0.25, 0.3) is 0 Å². The van der Waals surface area contributed by atoms with E-state index in [4.69, 9.17) is 0 Å². The number of rotatable bonds is 6. The number of anilines is 2. The van der Waals surface area contributed by atoms with Crippen molar-refractivity contribution in [2.75, 3.05) is 17.2 Å². The van der Waals surface area contributed by atoms with Crippen LogP contribution in [-0.2, 0) is 4.79 Å². The Kier molecular flexibility index (Phi) is 5.41. The van der Waals surface area contributed by atoms with Gasteiger partial charge in [-0.25, -0.2) is 15.0 Å². The summed E-state index contributed by atoms with van der Waals surface area (Å²) in [5.41, 5.74) is 2.92. The highest BCUT2D eigenvalue weighted by Gasteiger charge is 2.04. The summed E-state index contributed by atoms with van der Waals surface area (Å²) < 4.78 is 0. The Labute approximate surface area is 130 Å². The van der Waals surface area contributed by atoms with Gasteiger partial charge in [0.15, 0.2) is 0 Å². The lowest BCUT2D eigenvalue weighted by Gasteiger charge is -2.07. The molecule has 0 aliphatic heterocycles. The summed E-state index contributed by atoms with van der Waals surface area (Å²) in [5.74, 6) is 1.15. The van der Waals surface area contributed by atoms with Crippen LogP contribution in [0.1, 0.15) is 29.8 Å². The van der Waals surface area contributed by atoms with Crippen molar-refractivity contribution in [1.82, 2.24) is 15.0 Å². The van der Waals surface area contributed by atoms with Gasteiger partial charge in [0.1, 0.15) is 5.82 Å². The largest absolute Gasteiger partial charge is 0.354 e. The van der Waals surface area contributed by atoms with Gasteiger partial charge in [0.05, 0.1) is 0 Å². The Hall–Kier alpha value is -2.50. The van der Waals surface area contributed by atoms with Gasteiger partial charge in [-0.1, -0.05) is 6.07 Å². The van der Waals surface area contributed by atoms with Crippen molar-refractivity contribution in [3.8, 4) is 0 Å². The van der Waals surface area contributed by atoms with E-state index in [-0.39, 0.29) is 5.91 Å².